The number of piperidine rings is 1. The van der Waals surface area contributed by atoms with Crippen molar-refractivity contribution in [2.24, 2.45) is 0 Å². The number of aryl methyl sites for hydroxylation is 1. The SMILES string of the molecule is Cc1cccnc1CN1CCC2(CC1)C(=O)N(c1ccc(-c3ccccc3)s1)c1ccccc12. The number of hydrogen-bond acceptors (Lipinski definition) is 4. The van der Waals surface area contributed by atoms with Gasteiger partial charge in [0, 0.05) is 17.6 Å². The molecule has 2 aliphatic rings. The van der Waals surface area contributed by atoms with Crippen molar-refractivity contribution in [3.05, 3.63) is 102 Å². The first kappa shape index (κ1) is 21.3. The smallest absolute Gasteiger partial charge is 0.243 e. The zero-order valence-corrected chi connectivity index (χ0v) is 20.1. The first-order valence-electron chi connectivity index (χ1n) is 11.9. The highest BCUT2D eigenvalue weighted by molar-refractivity contribution is 7.19. The number of nitrogens with zero attached hydrogens (tertiary/aromatic N) is 3. The second-order valence-electron chi connectivity index (χ2n) is 9.29. The highest BCUT2D eigenvalue weighted by atomic mass is 32.1. The number of carbonyl (C=O) groups excluding carboxylic acids is 1. The van der Waals surface area contributed by atoms with Crippen LogP contribution in [0.1, 0.15) is 29.7 Å². The van der Waals surface area contributed by atoms with Crippen molar-refractivity contribution in [2.45, 2.75) is 31.7 Å². The molecule has 6 rings (SSSR count). The Morgan fingerprint density at radius 3 is 2.47 bits per heavy atom. The van der Waals surface area contributed by atoms with Gasteiger partial charge in [0.2, 0.25) is 5.91 Å². The van der Waals surface area contributed by atoms with E-state index in [2.05, 4.69) is 77.5 Å². The number of anilines is 2. The first-order chi connectivity index (χ1) is 16.7. The Balaban J connectivity index is 1.28. The third kappa shape index (κ3) is 3.47. The summed E-state index contributed by atoms with van der Waals surface area (Å²) in [5.74, 6) is 0.226. The number of hydrogen-bond donors (Lipinski definition) is 0. The number of pyridine rings is 1. The molecule has 34 heavy (non-hydrogen) atoms. The standard InChI is InChI=1S/C29H27N3OS/c1-21-8-7-17-30-24(21)20-31-18-15-29(16-19-31)23-11-5-6-12-25(23)32(28(29)33)27-14-13-26(34-27)22-9-3-2-4-10-22/h2-14,17H,15-16,18-20H2,1H3. The Morgan fingerprint density at radius 2 is 1.68 bits per heavy atom. The number of fused-ring (bicyclic) bond motifs is 2. The largest absolute Gasteiger partial charge is 0.297 e. The molecule has 1 saturated heterocycles. The van der Waals surface area contributed by atoms with Gasteiger partial charge in [-0.15, -0.1) is 11.3 Å². The summed E-state index contributed by atoms with van der Waals surface area (Å²) in [5, 5.41) is 1.000. The van der Waals surface area contributed by atoms with Crippen molar-refractivity contribution >= 4 is 27.9 Å². The summed E-state index contributed by atoms with van der Waals surface area (Å²) in [4.78, 5) is 24.3. The van der Waals surface area contributed by atoms with Gasteiger partial charge < -0.3 is 0 Å². The predicted molar refractivity (Wildman–Crippen MR) is 139 cm³/mol. The Bertz CT molecular complexity index is 1340. The third-order valence-corrected chi connectivity index (χ3v) is 8.46. The second-order valence-corrected chi connectivity index (χ2v) is 10.3. The fourth-order valence-corrected chi connectivity index (χ4v) is 6.43. The molecular weight excluding hydrogens is 438 g/mol. The molecule has 2 aromatic carbocycles. The van der Waals surface area contributed by atoms with Crippen LogP contribution in [0, 0.1) is 6.92 Å². The summed E-state index contributed by atoms with van der Waals surface area (Å²) < 4.78 is 0. The van der Waals surface area contributed by atoms with Crippen LogP contribution in [-0.4, -0.2) is 28.9 Å². The van der Waals surface area contributed by atoms with Crippen LogP contribution in [0.15, 0.2) is 85.1 Å². The van der Waals surface area contributed by atoms with Crippen molar-refractivity contribution in [2.75, 3.05) is 18.0 Å². The molecule has 0 N–H and O–H groups in total. The molecule has 2 aromatic heterocycles. The van der Waals surface area contributed by atoms with Gasteiger partial charge >= 0.3 is 0 Å². The van der Waals surface area contributed by atoms with Crippen LogP contribution in [0.2, 0.25) is 0 Å². The number of benzene rings is 2. The number of para-hydroxylation sites is 1. The van der Waals surface area contributed by atoms with Crippen LogP contribution >= 0.6 is 11.3 Å². The zero-order valence-electron chi connectivity index (χ0n) is 19.3. The lowest BCUT2D eigenvalue weighted by atomic mass is 9.73. The monoisotopic (exact) mass is 465 g/mol. The fourth-order valence-electron chi connectivity index (χ4n) is 5.41. The van der Waals surface area contributed by atoms with Gasteiger partial charge in [0.15, 0.2) is 0 Å². The lowest BCUT2D eigenvalue weighted by Crippen LogP contribution is -2.47. The highest BCUT2D eigenvalue weighted by Gasteiger charge is 2.52. The van der Waals surface area contributed by atoms with Crippen LogP contribution in [0.5, 0.6) is 0 Å². The van der Waals surface area contributed by atoms with Crippen LogP contribution in [-0.2, 0) is 16.8 Å². The number of aromatic nitrogens is 1. The van der Waals surface area contributed by atoms with E-state index in [9.17, 15) is 4.79 Å². The molecule has 5 heteroatoms. The van der Waals surface area contributed by atoms with Crippen molar-refractivity contribution in [3.63, 3.8) is 0 Å². The highest BCUT2D eigenvalue weighted by Crippen LogP contribution is 2.52. The molecule has 0 atom stereocenters. The Kier molecular flexibility index (Phi) is 5.31. The summed E-state index contributed by atoms with van der Waals surface area (Å²) in [6.45, 7) is 4.74. The quantitative estimate of drug-likeness (QED) is 0.353. The van der Waals surface area contributed by atoms with Crippen LogP contribution in [0.25, 0.3) is 10.4 Å². The number of rotatable bonds is 4. The van der Waals surface area contributed by atoms with Crippen molar-refractivity contribution in [1.29, 1.82) is 0 Å². The van der Waals surface area contributed by atoms with Gasteiger partial charge in [0.05, 0.1) is 16.8 Å². The second kappa shape index (κ2) is 8.49. The lowest BCUT2D eigenvalue weighted by molar-refractivity contribution is -0.124. The van der Waals surface area contributed by atoms with E-state index in [4.69, 9.17) is 0 Å². The molecule has 1 fully saturated rings. The van der Waals surface area contributed by atoms with Crippen molar-refractivity contribution < 1.29 is 4.79 Å². The summed E-state index contributed by atoms with van der Waals surface area (Å²) in [6.07, 6.45) is 3.54. The molecule has 0 bridgehead atoms. The molecule has 0 unspecified atom stereocenters. The number of likely N-dealkylation sites (tertiary alicyclic amines) is 1. The average molecular weight is 466 g/mol. The van der Waals surface area contributed by atoms with Crippen LogP contribution < -0.4 is 4.90 Å². The van der Waals surface area contributed by atoms with Gasteiger partial charge in [-0.05, 0) is 73.8 Å². The number of thiophene rings is 1. The van der Waals surface area contributed by atoms with E-state index in [1.165, 1.54) is 21.6 Å². The normalized spacial score (nSPS) is 17.3. The van der Waals surface area contributed by atoms with Gasteiger partial charge in [0.1, 0.15) is 5.00 Å². The van der Waals surface area contributed by atoms with Gasteiger partial charge in [-0.1, -0.05) is 54.6 Å². The molecule has 4 aromatic rings. The molecule has 0 aliphatic carbocycles. The Labute approximate surface area is 204 Å². The molecule has 1 spiro atoms. The molecule has 4 heterocycles. The average Bonchev–Trinajstić information content (AvgIpc) is 3.45. The molecule has 0 saturated carbocycles. The topological polar surface area (TPSA) is 36.4 Å². The van der Waals surface area contributed by atoms with Gasteiger partial charge in [0.25, 0.3) is 0 Å². The van der Waals surface area contributed by atoms with E-state index in [0.717, 1.165) is 48.9 Å². The predicted octanol–water partition coefficient (Wildman–Crippen LogP) is 6.33. The van der Waals surface area contributed by atoms with Gasteiger partial charge in [-0.3, -0.25) is 19.6 Å². The van der Waals surface area contributed by atoms with E-state index in [1.807, 2.05) is 29.3 Å². The first-order valence-corrected chi connectivity index (χ1v) is 12.7. The minimum Gasteiger partial charge on any atom is -0.297 e. The zero-order chi connectivity index (χ0) is 23.1. The van der Waals surface area contributed by atoms with Crippen molar-refractivity contribution in [3.8, 4) is 10.4 Å². The number of amides is 1. The Hall–Kier alpha value is -3.28. The summed E-state index contributed by atoms with van der Waals surface area (Å²) in [5.41, 5.74) is 5.33. The molecular formula is C29H27N3OS. The van der Waals surface area contributed by atoms with Crippen LogP contribution in [0.3, 0.4) is 0 Å². The van der Waals surface area contributed by atoms with Crippen molar-refractivity contribution in [1.82, 2.24) is 9.88 Å². The van der Waals surface area contributed by atoms with E-state index in [0.29, 0.717) is 0 Å². The van der Waals surface area contributed by atoms with Gasteiger partial charge in [-0.2, -0.15) is 0 Å². The van der Waals surface area contributed by atoms with E-state index < -0.39 is 5.41 Å². The lowest BCUT2D eigenvalue weighted by Gasteiger charge is -2.38. The third-order valence-electron chi connectivity index (χ3n) is 7.34. The Morgan fingerprint density at radius 1 is 0.912 bits per heavy atom. The molecule has 4 nitrogen and oxygen atoms in total. The van der Waals surface area contributed by atoms with E-state index in [-0.39, 0.29) is 5.91 Å². The maximum absolute atomic E-state index is 14.1. The maximum Gasteiger partial charge on any atom is 0.243 e. The summed E-state index contributed by atoms with van der Waals surface area (Å²) >= 11 is 1.69. The molecule has 0 radical (unpaired) electrons. The van der Waals surface area contributed by atoms with E-state index in [1.54, 1.807) is 11.3 Å². The van der Waals surface area contributed by atoms with E-state index >= 15 is 0 Å². The molecule has 2 aliphatic heterocycles. The van der Waals surface area contributed by atoms with Crippen LogP contribution in [0.4, 0.5) is 10.7 Å². The summed E-state index contributed by atoms with van der Waals surface area (Å²) in [6, 6.07) is 27.1. The minimum absolute atomic E-state index is 0.226. The molecule has 1 amide bonds. The number of carbonyl (C=O) groups is 1. The minimum atomic E-state index is -0.441. The summed E-state index contributed by atoms with van der Waals surface area (Å²) in [7, 11) is 0. The molecule has 170 valence electrons. The van der Waals surface area contributed by atoms with Gasteiger partial charge in [-0.25, -0.2) is 0 Å². The maximum atomic E-state index is 14.1. The fraction of sp³-hybridized carbons (Fsp3) is 0.241.